The maximum absolute atomic E-state index is 15.8. The van der Waals surface area contributed by atoms with E-state index in [1.807, 2.05) is 34.6 Å². The molecule has 3 atom stereocenters. The third kappa shape index (κ3) is 6.13. The predicted molar refractivity (Wildman–Crippen MR) is 157 cm³/mol. The molecule has 5 nitrogen and oxygen atoms in total. The summed E-state index contributed by atoms with van der Waals surface area (Å²) in [5.74, 6) is -3.04. The number of hydrogen-bond acceptors (Lipinski definition) is 3. The number of nitrogens with two attached hydrogens (primary N) is 1. The largest absolute Gasteiger partial charge is 0.366 e. The Kier molecular flexibility index (Phi) is 9.61. The molecule has 2 N–H and O–H groups in total. The minimum atomic E-state index is -1.63. The second-order valence-electron chi connectivity index (χ2n) is 11.4. The summed E-state index contributed by atoms with van der Waals surface area (Å²) < 4.78 is 31.5. The number of benzene rings is 3. The molecule has 216 valence electrons. The van der Waals surface area contributed by atoms with Crippen LogP contribution in [0.4, 0.5) is 8.78 Å². The molecule has 1 aliphatic rings. The van der Waals surface area contributed by atoms with Crippen molar-refractivity contribution in [2.75, 3.05) is 6.54 Å². The Morgan fingerprint density at radius 1 is 1.07 bits per heavy atom. The SMILES string of the molecule is CC.Cc1ccc(C2(C#N)[C@H](CC(C)(C)C)CN(C(=O)c3ccc(C(N)=O)cc3)[C@@H]2c2cccc(Cl)c2F)c(F)c1. The molecule has 1 heterocycles. The number of carbonyl (C=O) groups is 2. The van der Waals surface area contributed by atoms with E-state index in [1.54, 1.807) is 25.1 Å². The van der Waals surface area contributed by atoms with Crippen LogP contribution in [0.3, 0.4) is 0 Å². The number of primary amides is 1. The number of carbonyl (C=O) groups excluding carboxylic acids is 2. The van der Waals surface area contributed by atoms with Gasteiger partial charge in [0.05, 0.1) is 17.1 Å². The normalized spacial score (nSPS) is 20.1. The summed E-state index contributed by atoms with van der Waals surface area (Å²) in [7, 11) is 0. The monoisotopic (exact) mass is 579 g/mol. The van der Waals surface area contributed by atoms with Gasteiger partial charge in [0.1, 0.15) is 17.0 Å². The van der Waals surface area contributed by atoms with Crippen molar-refractivity contribution in [1.82, 2.24) is 4.90 Å². The van der Waals surface area contributed by atoms with Crippen LogP contribution in [-0.4, -0.2) is 23.3 Å². The number of amides is 2. The number of likely N-dealkylation sites (tertiary alicyclic amines) is 1. The van der Waals surface area contributed by atoms with Crippen molar-refractivity contribution in [2.24, 2.45) is 17.1 Å². The smallest absolute Gasteiger partial charge is 0.254 e. The summed E-state index contributed by atoms with van der Waals surface area (Å²) in [5.41, 5.74) is 4.68. The number of halogens is 3. The zero-order valence-electron chi connectivity index (χ0n) is 24.3. The van der Waals surface area contributed by atoms with Gasteiger partial charge in [0.2, 0.25) is 5.91 Å². The van der Waals surface area contributed by atoms with Crippen LogP contribution in [0.2, 0.25) is 5.02 Å². The molecule has 4 rings (SSSR count). The topological polar surface area (TPSA) is 87.2 Å². The Balaban J connectivity index is 0.00000226. The molecule has 1 aliphatic heterocycles. The Bertz CT molecular complexity index is 1480. The first-order valence-corrected chi connectivity index (χ1v) is 14.0. The average Bonchev–Trinajstić information content (AvgIpc) is 3.23. The minimum Gasteiger partial charge on any atom is -0.366 e. The summed E-state index contributed by atoms with van der Waals surface area (Å²) >= 11 is 6.18. The standard InChI is InChI=1S/C31H30ClF2N3O2.C2H6/c1-18-8-13-23(25(33)14-18)31(17-35)21(15-30(2,3)4)16-37(27(31)22-6-5-7-24(32)26(22)34)29(39)20-11-9-19(10-12-20)28(36)38;1-2/h5-14,21,27H,15-16H2,1-4H3,(H2,36,38);1-2H3/t21-,27-,31?;/m1./s1. The van der Waals surface area contributed by atoms with Gasteiger partial charge < -0.3 is 10.6 Å². The van der Waals surface area contributed by atoms with E-state index < -0.39 is 40.8 Å². The van der Waals surface area contributed by atoms with Crippen LogP contribution in [0.25, 0.3) is 0 Å². The van der Waals surface area contributed by atoms with Gasteiger partial charge in [-0.25, -0.2) is 8.78 Å². The molecule has 3 aromatic carbocycles. The van der Waals surface area contributed by atoms with E-state index >= 15 is 8.78 Å². The molecule has 0 aliphatic carbocycles. The van der Waals surface area contributed by atoms with Crippen molar-refractivity contribution in [2.45, 2.75) is 59.4 Å². The van der Waals surface area contributed by atoms with Crippen LogP contribution >= 0.6 is 11.6 Å². The molecule has 0 spiro atoms. The fourth-order valence-corrected chi connectivity index (χ4v) is 5.93. The van der Waals surface area contributed by atoms with Gasteiger partial charge in [-0.1, -0.05) is 70.5 Å². The first-order chi connectivity index (χ1) is 19.3. The zero-order chi connectivity index (χ0) is 30.7. The van der Waals surface area contributed by atoms with E-state index in [0.29, 0.717) is 12.0 Å². The van der Waals surface area contributed by atoms with E-state index in [1.165, 1.54) is 47.4 Å². The van der Waals surface area contributed by atoms with E-state index in [9.17, 15) is 14.9 Å². The maximum atomic E-state index is 15.8. The number of rotatable bonds is 5. The molecular formula is C33H36ClF2N3O2. The summed E-state index contributed by atoms with van der Waals surface area (Å²) in [4.78, 5) is 27.0. The third-order valence-corrected chi connectivity index (χ3v) is 7.66. The molecule has 1 saturated heterocycles. The van der Waals surface area contributed by atoms with E-state index in [2.05, 4.69) is 6.07 Å². The molecular weight excluding hydrogens is 544 g/mol. The molecule has 0 aromatic heterocycles. The lowest BCUT2D eigenvalue weighted by Gasteiger charge is -2.38. The lowest BCUT2D eigenvalue weighted by molar-refractivity contribution is 0.0712. The lowest BCUT2D eigenvalue weighted by Crippen LogP contribution is -2.41. The minimum absolute atomic E-state index is 0.0301. The molecule has 1 fully saturated rings. The predicted octanol–water partition coefficient (Wildman–Crippen LogP) is 7.76. The van der Waals surface area contributed by atoms with Crippen LogP contribution < -0.4 is 5.73 Å². The Morgan fingerprint density at radius 2 is 1.68 bits per heavy atom. The van der Waals surface area contributed by atoms with Crippen molar-refractivity contribution < 1.29 is 18.4 Å². The lowest BCUT2D eigenvalue weighted by atomic mass is 9.63. The molecule has 0 saturated carbocycles. The number of nitrogens with zero attached hydrogens (tertiary/aromatic N) is 2. The molecule has 0 bridgehead atoms. The zero-order valence-corrected chi connectivity index (χ0v) is 25.0. The summed E-state index contributed by atoms with van der Waals surface area (Å²) in [6.45, 7) is 11.8. The molecule has 1 unspecified atom stereocenters. The van der Waals surface area contributed by atoms with Gasteiger partial charge in [-0.05, 0) is 60.7 Å². The second-order valence-corrected chi connectivity index (χ2v) is 11.8. The molecule has 2 amide bonds. The molecule has 41 heavy (non-hydrogen) atoms. The fourth-order valence-electron chi connectivity index (χ4n) is 5.74. The molecule has 0 radical (unpaired) electrons. The maximum Gasteiger partial charge on any atom is 0.254 e. The average molecular weight is 580 g/mol. The van der Waals surface area contributed by atoms with Crippen molar-refractivity contribution in [3.8, 4) is 6.07 Å². The van der Waals surface area contributed by atoms with Crippen molar-refractivity contribution in [3.05, 3.63) is 105 Å². The first kappa shape index (κ1) is 31.8. The quantitative estimate of drug-likeness (QED) is 0.335. The van der Waals surface area contributed by atoms with Crippen molar-refractivity contribution in [1.29, 1.82) is 5.26 Å². The van der Waals surface area contributed by atoms with E-state index in [4.69, 9.17) is 17.3 Å². The highest BCUT2D eigenvalue weighted by Gasteiger charge is 2.60. The van der Waals surface area contributed by atoms with Crippen LogP contribution in [0.1, 0.15) is 84.5 Å². The third-order valence-electron chi connectivity index (χ3n) is 7.37. The van der Waals surface area contributed by atoms with Gasteiger partial charge in [-0.3, -0.25) is 9.59 Å². The summed E-state index contributed by atoms with van der Waals surface area (Å²) in [5, 5.41) is 10.8. The Hall–Kier alpha value is -3.76. The van der Waals surface area contributed by atoms with Gasteiger partial charge in [0.25, 0.3) is 5.91 Å². The fraction of sp³-hybridized carbons (Fsp3) is 0.364. The van der Waals surface area contributed by atoms with E-state index in [0.717, 1.165) is 0 Å². The van der Waals surface area contributed by atoms with Crippen molar-refractivity contribution >= 4 is 23.4 Å². The van der Waals surface area contributed by atoms with Crippen LogP contribution in [0.15, 0.2) is 60.7 Å². The Morgan fingerprint density at radius 3 is 2.22 bits per heavy atom. The summed E-state index contributed by atoms with van der Waals surface area (Å²) in [6, 6.07) is 16.0. The van der Waals surface area contributed by atoms with Crippen LogP contribution in [0, 0.1) is 41.2 Å². The summed E-state index contributed by atoms with van der Waals surface area (Å²) in [6.07, 6.45) is 0.455. The van der Waals surface area contributed by atoms with Gasteiger partial charge in [0, 0.05) is 34.7 Å². The van der Waals surface area contributed by atoms with Gasteiger partial charge >= 0.3 is 0 Å². The number of aryl methyl sites for hydroxylation is 1. The van der Waals surface area contributed by atoms with Crippen LogP contribution in [-0.2, 0) is 5.41 Å². The first-order valence-electron chi connectivity index (χ1n) is 13.6. The van der Waals surface area contributed by atoms with E-state index in [-0.39, 0.29) is 39.2 Å². The Labute approximate surface area is 245 Å². The highest BCUT2D eigenvalue weighted by Crippen LogP contribution is 2.56. The number of hydrogen-bond donors (Lipinski definition) is 1. The van der Waals surface area contributed by atoms with Gasteiger partial charge in [-0.15, -0.1) is 0 Å². The van der Waals surface area contributed by atoms with Gasteiger partial charge in [-0.2, -0.15) is 5.26 Å². The second kappa shape index (κ2) is 12.4. The highest BCUT2D eigenvalue weighted by atomic mass is 35.5. The highest BCUT2D eigenvalue weighted by molar-refractivity contribution is 6.30. The van der Waals surface area contributed by atoms with Crippen LogP contribution in [0.5, 0.6) is 0 Å². The molecule has 3 aromatic rings. The van der Waals surface area contributed by atoms with Crippen molar-refractivity contribution in [3.63, 3.8) is 0 Å². The molecule has 8 heteroatoms. The number of nitriles is 1. The van der Waals surface area contributed by atoms with Gasteiger partial charge in [0.15, 0.2) is 0 Å².